The monoisotopic (exact) mass is 407 g/mol. The lowest BCUT2D eigenvalue weighted by atomic mass is 9.98. The molecule has 0 fully saturated rings. The summed E-state index contributed by atoms with van der Waals surface area (Å²) < 4.78 is 51.4. The number of hydrazone groups is 1. The van der Waals surface area contributed by atoms with Crippen LogP contribution in [0, 0.1) is 6.92 Å². The zero-order valence-electron chi connectivity index (χ0n) is 15.2. The van der Waals surface area contributed by atoms with Crippen LogP contribution < -0.4 is 4.72 Å². The van der Waals surface area contributed by atoms with Gasteiger partial charge in [0.25, 0.3) is 0 Å². The van der Waals surface area contributed by atoms with Crippen LogP contribution in [0.2, 0.25) is 0 Å². The molecule has 0 aromatic heterocycles. The number of sulfonamides is 2. The standard InChI is InChI=1S/C18H21N3O4S2/c1-13-8-10-14(11-9-13)18-12-17(19-21(18)27(3,24)25)15-6-4-5-7-16(15)20-26(2,22)23/h4-11,18,20H,12H2,1-3H3. The molecular formula is C18H21N3O4S2. The molecule has 1 aliphatic heterocycles. The van der Waals surface area contributed by atoms with E-state index in [1.165, 1.54) is 0 Å². The number of rotatable bonds is 5. The van der Waals surface area contributed by atoms with Crippen LogP contribution in [-0.4, -0.2) is 39.5 Å². The van der Waals surface area contributed by atoms with Gasteiger partial charge in [0.1, 0.15) is 0 Å². The van der Waals surface area contributed by atoms with E-state index in [9.17, 15) is 16.8 Å². The fourth-order valence-electron chi connectivity index (χ4n) is 3.02. The summed E-state index contributed by atoms with van der Waals surface area (Å²) >= 11 is 0. The smallest absolute Gasteiger partial charge is 0.247 e. The highest BCUT2D eigenvalue weighted by atomic mass is 32.2. The Morgan fingerprint density at radius 3 is 2.22 bits per heavy atom. The second-order valence-corrected chi connectivity index (χ2v) is 10.2. The highest BCUT2D eigenvalue weighted by molar-refractivity contribution is 7.92. The number of nitrogens with zero attached hydrogens (tertiary/aromatic N) is 2. The molecule has 0 saturated heterocycles. The lowest BCUT2D eigenvalue weighted by Gasteiger charge is -2.21. The number of hydrogen-bond acceptors (Lipinski definition) is 5. The van der Waals surface area contributed by atoms with Crippen LogP contribution >= 0.6 is 0 Å². The molecule has 2 aromatic carbocycles. The molecule has 1 N–H and O–H groups in total. The predicted molar refractivity (Wildman–Crippen MR) is 107 cm³/mol. The van der Waals surface area contributed by atoms with E-state index in [2.05, 4.69) is 9.82 Å². The van der Waals surface area contributed by atoms with Gasteiger partial charge in [0.2, 0.25) is 20.0 Å². The van der Waals surface area contributed by atoms with E-state index in [1.54, 1.807) is 24.3 Å². The maximum absolute atomic E-state index is 12.3. The highest BCUT2D eigenvalue weighted by Crippen LogP contribution is 2.36. The van der Waals surface area contributed by atoms with Gasteiger partial charge >= 0.3 is 0 Å². The molecule has 144 valence electrons. The van der Waals surface area contributed by atoms with E-state index in [0.29, 0.717) is 23.4 Å². The Kier molecular flexibility index (Phi) is 5.00. The minimum atomic E-state index is -3.59. The molecule has 1 aliphatic rings. The number of aryl methyl sites for hydroxylation is 1. The zero-order valence-corrected chi connectivity index (χ0v) is 16.9. The summed E-state index contributed by atoms with van der Waals surface area (Å²) in [5, 5.41) is 4.33. The molecule has 7 nitrogen and oxygen atoms in total. The molecule has 0 spiro atoms. The summed E-state index contributed by atoms with van der Waals surface area (Å²) in [6.45, 7) is 1.96. The first-order valence-corrected chi connectivity index (χ1v) is 12.0. The van der Waals surface area contributed by atoms with Crippen molar-refractivity contribution < 1.29 is 16.8 Å². The van der Waals surface area contributed by atoms with Crippen LogP contribution in [0.25, 0.3) is 0 Å². The van der Waals surface area contributed by atoms with Gasteiger partial charge in [-0.2, -0.15) is 9.52 Å². The molecule has 1 atom stereocenters. The highest BCUT2D eigenvalue weighted by Gasteiger charge is 2.35. The van der Waals surface area contributed by atoms with Crippen molar-refractivity contribution in [1.82, 2.24) is 4.41 Å². The summed E-state index contributed by atoms with van der Waals surface area (Å²) in [6.07, 6.45) is 2.53. The Balaban J connectivity index is 2.04. The molecular weight excluding hydrogens is 386 g/mol. The van der Waals surface area contributed by atoms with E-state index < -0.39 is 26.1 Å². The van der Waals surface area contributed by atoms with Gasteiger partial charge in [0, 0.05) is 12.0 Å². The van der Waals surface area contributed by atoms with Gasteiger partial charge in [-0.3, -0.25) is 4.72 Å². The van der Waals surface area contributed by atoms with Crippen molar-refractivity contribution in [3.05, 3.63) is 65.2 Å². The third-order valence-corrected chi connectivity index (χ3v) is 5.81. The van der Waals surface area contributed by atoms with Crippen LogP contribution in [0.3, 0.4) is 0 Å². The van der Waals surface area contributed by atoms with Crippen molar-refractivity contribution >= 4 is 31.4 Å². The van der Waals surface area contributed by atoms with Gasteiger partial charge < -0.3 is 0 Å². The zero-order chi connectivity index (χ0) is 19.8. The molecule has 0 saturated carbocycles. The van der Waals surface area contributed by atoms with Gasteiger partial charge in [-0.15, -0.1) is 0 Å². The van der Waals surface area contributed by atoms with E-state index in [1.807, 2.05) is 31.2 Å². The lowest BCUT2D eigenvalue weighted by Crippen LogP contribution is -2.25. The number of nitrogens with one attached hydrogen (secondary N) is 1. The van der Waals surface area contributed by atoms with Gasteiger partial charge in [-0.1, -0.05) is 48.0 Å². The molecule has 0 amide bonds. The molecule has 0 bridgehead atoms. The SMILES string of the molecule is Cc1ccc(C2CC(c3ccccc3NS(C)(=O)=O)=NN2S(C)(=O)=O)cc1. The molecule has 0 radical (unpaired) electrons. The minimum Gasteiger partial charge on any atom is -0.283 e. The summed E-state index contributed by atoms with van der Waals surface area (Å²) in [7, 11) is -7.07. The Bertz CT molecular complexity index is 1090. The maximum atomic E-state index is 12.3. The Labute approximate surface area is 159 Å². The third kappa shape index (κ3) is 4.48. The second kappa shape index (κ2) is 6.97. The largest absolute Gasteiger partial charge is 0.283 e. The third-order valence-electron chi connectivity index (χ3n) is 4.21. The predicted octanol–water partition coefficient (Wildman–Crippen LogP) is 2.48. The number of hydrogen-bond donors (Lipinski definition) is 1. The molecule has 0 aliphatic carbocycles. The van der Waals surface area contributed by atoms with Crippen LogP contribution in [0.4, 0.5) is 5.69 Å². The van der Waals surface area contributed by atoms with Crippen LogP contribution in [0.5, 0.6) is 0 Å². The van der Waals surface area contributed by atoms with E-state index in [-0.39, 0.29) is 0 Å². The number of benzene rings is 2. The van der Waals surface area contributed by atoms with Crippen molar-refractivity contribution in [2.75, 3.05) is 17.2 Å². The average molecular weight is 408 g/mol. The molecule has 2 aromatic rings. The van der Waals surface area contributed by atoms with Crippen molar-refractivity contribution in [2.45, 2.75) is 19.4 Å². The van der Waals surface area contributed by atoms with Crippen molar-refractivity contribution in [1.29, 1.82) is 0 Å². The molecule has 27 heavy (non-hydrogen) atoms. The van der Waals surface area contributed by atoms with Gasteiger partial charge in [0.15, 0.2) is 0 Å². The fourth-order valence-corrected chi connectivity index (χ4v) is 4.50. The van der Waals surface area contributed by atoms with Crippen LogP contribution in [0.15, 0.2) is 53.6 Å². The summed E-state index contributed by atoms with van der Waals surface area (Å²) in [4.78, 5) is 0. The minimum absolute atomic E-state index is 0.346. The molecule has 1 heterocycles. The van der Waals surface area contributed by atoms with Crippen molar-refractivity contribution in [2.24, 2.45) is 5.10 Å². The lowest BCUT2D eigenvalue weighted by molar-refractivity contribution is 0.375. The van der Waals surface area contributed by atoms with E-state index in [0.717, 1.165) is 28.1 Å². The second-order valence-electron chi connectivity index (χ2n) is 6.63. The van der Waals surface area contributed by atoms with E-state index >= 15 is 0 Å². The Hall–Kier alpha value is -2.39. The average Bonchev–Trinajstić information content (AvgIpc) is 3.00. The van der Waals surface area contributed by atoms with Gasteiger partial charge in [-0.05, 0) is 18.6 Å². The Morgan fingerprint density at radius 1 is 1.00 bits per heavy atom. The topological polar surface area (TPSA) is 95.9 Å². The summed E-state index contributed by atoms with van der Waals surface area (Å²) in [5.74, 6) is 0. The first-order valence-electron chi connectivity index (χ1n) is 8.25. The maximum Gasteiger partial charge on any atom is 0.247 e. The van der Waals surface area contributed by atoms with Gasteiger partial charge in [-0.25, -0.2) is 16.8 Å². The first kappa shape index (κ1) is 19.4. The van der Waals surface area contributed by atoms with Crippen molar-refractivity contribution in [3.63, 3.8) is 0 Å². The van der Waals surface area contributed by atoms with Crippen LogP contribution in [0.1, 0.15) is 29.2 Å². The normalized spacial score (nSPS) is 17.7. The molecule has 1 unspecified atom stereocenters. The van der Waals surface area contributed by atoms with Crippen LogP contribution in [-0.2, 0) is 20.0 Å². The quantitative estimate of drug-likeness (QED) is 0.824. The number of anilines is 1. The fraction of sp³-hybridized carbons (Fsp3) is 0.278. The molecule has 9 heteroatoms. The van der Waals surface area contributed by atoms with Gasteiger partial charge in [0.05, 0.1) is 30.0 Å². The molecule has 3 rings (SSSR count). The first-order chi connectivity index (χ1) is 12.5. The Morgan fingerprint density at radius 2 is 1.63 bits per heavy atom. The van der Waals surface area contributed by atoms with E-state index in [4.69, 9.17) is 0 Å². The summed E-state index contributed by atoms with van der Waals surface area (Å²) in [5.41, 5.74) is 3.35. The number of para-hydroxylation sites is 1. The van der Waals surface area contributed by atoms with Crippen molar-refractivity contribution in [3.8, 4) is 0 Å². The summed E-state index contributed by atoms with van der Waals surface area (Å²) in [6, 6.07) is 14.0.